The van der Waals surface area contributed by atoms with Gasteiger partial charge in [0.25, 0.3) is 5.78 Å². The summed E-state index contributed by atoms with van der Waals surface area (Å²) >= 11 is 0. The predicted octanol–water partition coefficient (Wildman–Crippen LogP) is 2.32. The zero-order valence-electron chi connectivity index (χ0n) is 15.7. The van der Waals surface area contributed by atoms with E-state index in [9.17, 15) is 14.4 Å². The Hall–Kier alpha value is -3.48. The number of nitrogens with one attached hydrogen (secondary N) is 1. The fraction of sp³-hybridized carbons (Fsp3) is 0.444. The first-order valence-electron chi connectivity index (χ1n) is 8.68. The van der Waals surface area contributed by atoms with Gasteiger partial charge in [-0.2, -0.15) is 4.79 Å². The number of Topliss-reactive ketones (excluding diaryl/α,β-unsaturated/α-hetero) is 1. The van der Waals surface area contributed by atoms with E-state index in [2.05, 4.69) is 20.1 Å². The van der Waals surface area contributed by atoms with Gasteiger partial charge < -0.3 is 15.6 Å². The van der Waals surface area contributed by atoms with Crippen molar-refractivity contribution in [1.82, 2.24) is 5.32 Å². The molecule has 1 aliphatic heterocycles. The molecule has 3 atom stereocenters. The van der Waals surface area contributed by atoms with Gasteiger partial charge in [0.2, 0.25) is 5.91 Å². The second kappa shape index (κ2) is 8.94. The summed E-state index contributed by atoms with van der Waals surface area (Å²) < 4.78 is 5.04. The molecule has 0 aromatic heterocycles. The molecule has 1 heterocycles. The molecule has 146 valence electrons. The summed E-state index contributed by atoms with van der Waals surface area (Å²) in [6, 6.07) is 5.84. The Balaban J connectivity index is 2.00. The molecule has 10 nitrogen and oxygen atoms in total. The first-order chi connectivity index (χ1) is 13.3. The van der Waals surface area contributed by atoms with Crippen molar-refractivity contribution >= 4 is 29.1 Å². The summed E-state index contributed by atoms with van der Waals surface area (Å²) in [5.41, 5.74) is 17.8. The number of azide groups is 1. The molecule has 0 bridgehead atoms. The van der Waals surface area contributed by atoms with Gasteiger partial charge in [-0.1, -0.05) is 50.2 Å². The molecule has 2 rings (SSSR count). The van der Waals surface area contributed by atoms with E-state index < -0.39 is 29.4 Å². The van der Waals surface area contributed by atoms with E-state index in [1.54, 1.807) is 31.2 Å². The molecule has 0 aliphatic carbocycles. The summed E-state index contributed by atoms with van der Waals surface area (Å²) in [6.07, 6.45) is 0. The average Bonchev–Trinajstić information content (AvgIpc) is 2.65. The van der Waals surface area contributed by atoms with E-state index in [0.29, 0.717) is 11.3 Å². The topological polar surface area (TPSA) is 158 Å². The number of amides is 1. The second-order valence-corrected chi connectivity index (χ2v) is 6.84. The molecule has 1 aromatic rings. The Labute approximate surface area is 161 Å². The Morgan fingerprint density at radius 3 is 2.36 bits per heavy atom. The van der Waals surface area contributed by atoms with Crippen molar-refractivity contribution < 1.29 is 23.9 Å². The molecule has 0 radical (unpaired) electrons. The largest absolute Gasteiger partial charge is 0.452 e. The number of esters is 1. The molecule has 10 heteroatoms. The lowest BCUT2D eigenvalue weighted by Gasteiger charge is -2.41. The summed E-state index contributed by atoms with van der Waals surface area (Å²) in [7, 11) is 0. The van der Waals surface area contributed by atoms with Crippen LogP contribution in [0.3, 0.4) is 0 Å². The van der Waals surface area contributed by atoms with Crippen molar-refractivity contribution in [2.75, 3.05) is 0 Å². The number of hydrogen-bond acceptors (Lipinski definition) is 5. The van der Waals surface area contributed by atoms with Crippen molar-refractivity contribution in [3.05, 3.63) is 45.8 Å². The SMILES string of the molecule is CC(C)[C@H]1C(=O)NC1[C@@H](C)C(=O)C(=[N+]=[N-])C(=O)OCc1ccc(N=[N+]=[N-])cc1. The Kier molecular flexibility index (Phi) is 6.65. The standard InChI is InChI=1S/C18H20N6O4/c1-9(2)13-14(21-17(13)26)10(3)16(25)15(22-19)18(27)28-8-11-4-6-12(7-5-11)23-24-20/h4-7,9-10,13-14H,8H2,1-3H3,(H,21,26)/t10-,13-,14?/m1/s1. The quantitative estimate of drug-likeness (QED) is 0.139. The van der Waals surface area contributed by atoms with Crippen LogP contribution in [-0.4, -0.2) is 34.2 Å². The van der Waals surface area contributed by atoms with Crippen molar-refractivity contribution in [2.24, 2.45) is 22.9 Å². The molecule has 1 aromatic carbocycles. The number of nitrogens with zero attached hydrogens (tertiary/aromatic N) is 5. The van der Waals surface area contributed by atoms with Crippen LogP contribution in [0, 0.1) is 17.8 Å². The molecular weight excluding hydrogens is 364 g/mol. The summed E-state index contributed by atoms with van der Waals surface area (Å²) in [4.78, 5) is 41.9. The first-order valence-corrected chi connectivity index (χ1v) is 8.68. The van der Waals surface area contributed by atoms with Crippen molar-refractivity contribution in [3.63, 3.8) is 0 Å². The zero-order valence-corrected chi connectivity index (χ0v) is 15.7. The molecule has 1 N–H and O–H groups in total. The molecule has 1 unspecified atom stereocenters. The predicted molar refractivity (Wildman–Crippen MR) is 98.1 cm³/mol. The number of carbonyl (C=O) groups is 3. The van der Waals surface area contributed by atoms with E-state index in [1.165, 1.54) is 0 Å². The normalized spacial score (nSPS) is 18.8. The van der Waals surface area contributed by atoms with E-state index >= 15 is 0 Å². The fourth-order valence-corrected chi connectivity index (χ4v) is 3.07. The Morgan fingerprint density at radius 1 is 1.21 bits per heavy atom. The molecule has 0 saturated carbocycles. The van der Waals surface area contributed by atoms with Crippen LogP contribution in [0.2, 0.25) is 0 Å². The van der Waals surface area contributed by atoms with Crippen LogP contribution in [0.25, 0.3) is 16.0 Å². The highest BCUT2D eigenvalue weighted by Gasteiger charge is 2.49. The van der Waals surface area contributed by atoms with Gasteiger partial charge in [-0.25, -0.2) is 4.79 Å². The van der Waals surface area contributed by atoms with Crippen LogP contribution < -0.4 is 5.32 Å². The number of hydrogen-bond donors (Lipinski definition) is 1. The maximum atomic E-state index is 12.6. The molecule has 0 spiro atoms. The third-order valence-electron chi connectivity index (χ3n) is 4.66. The molecule has 1 aliphatic rings. The van der Waals surface area contributed by atoms with Gasteiger partial charge >= 0.3 is 11.7 Å². The molecule has 1 amide bonds. The summed E-state index contributed by atoms with van der Waals surface area (Å²) in [5, 5.41) is 6.09. The third kappa shape index (κ3) is 4.43. The van der Waals surface area contributed by atoms with Crippen molar-refractivity contribution in [3.8, 4) is 0 Å². The third-order valence-corrected chi connectivity index (χ3v) is 4.66. The highest BCUT2D eigenvalue weighted by atomic mass is 16.5. The van der Waals surface area contributed by atoms with Gasteiger partial charge in [0, 0.05) is 16.5 Å². The van der Waals surface area contributed by atoms with Crippen LogP contribution in [0.1, 0.15) is 26.3 Å². The molecule has 1 fully saturated rings. The Morgan fingerprint density at radius 2 is 1.86 bits per heavy atom. The molecule has 28 heavy (non-hydrogen) atoms. The zero-order chi connectivity index (χ0) is 20.8. The van der Waals surface area contributed by atoms with E-state index in [4.69, 9.17) is 15.8 Å². The molecular formula is C18H20N6O4. The lowest BCUT2D eigenvalue weighted by atomic mass is 9.74. The minimum absolute atomic E-state index is 0.0313. The number of ether oxygens (including phenoxy) is 1. The minimum Gasteiger partial charge on any atom is -0.452 e. The van der Waals surface area contributed by atoms with Crippen LogP contribution in [0.15, 0.2) is 29.4 Å². The number of rotatable bonds is 8. The van der Waals surface area contributed by atoms with Crippen LogP contribution in [0.4, 0.5) is 5.69 Å². The van der Waals surface area contributed by atoms with E-state index in [1.807, 2.05) is 13.8 Å². The van der Waals surface area contributed by atoms with Crippen LogP contribution in [-0.2, 0) is 25.7 Å². The lowest BCUT2D eigenvalue weighted by Crippen LogP contribution is -2.64. The van der Waals surface area contributed by atoms with Gasteiger partial charge in [-0.15, -0.1) is 0 Å². The first kappa shape index (κ1) is 20.8. The van der Waals surface area contributed by atoms with Crippen LogP contribution in [0.5, 0.6) is 0 Å². The Bertz CT molecular complexity index is 882. The smallest absolute Gasteiger partial charge is 0.441 e. The second-order valence-electron chi connectivity index (χ2n) is 6.84. The van der Waals surface area contributed by atoms with Crippen molar-refractivity contribution in [1.29, 1.82) is 0 Å². The lowest BCUT2D eigenvalue weighted by molar-refractivity contribution is -0.145. The van der Waals surface area contributed by atoms with Gasteiger partial charge in [0.15, 0.2) is 0 Å². The number of benzene rings is 1. The van der Waals surface area contributed by atoms with E-state index in [-0.39, 0.29) is 24.3 Å². The molecule has 1 saturated heterocycles. The van der Waals surface area contributed by atoms with Gasteiger partial charge in [0.05, 0.1) is 12.0 Å². The van der Waals surface area contributed by atoms with Gasteiger partial charge in [0.1, 0.15) is 6.61 Å². The monoisotopic (exact) mass is 384 g/mol. The fourth-order valence-electron chi connectivity index (χ4n) is 3.07. The highest BCUT2D eigenvalue weighted by molar-refractivity contribution is 6.62. The maximum Gasteiger partial charge on any atom is 0.441 e. The average molecular weight is 384 g/mol. The van der Waals surface area contributed by atoms with Crippen LogP contribution >= 0.6 is 0 Å². The van der Waals surface area contributed by atoms with Crippen molar-refractivity contribution in [2.45, 2.75) is 33.4 Å². The summed E-state index contributed by atoms with van der Waals surface area (Å²) in [5.74, 6) is -2.97. The van der Waals surface area contributed by atoms with E-state index in [0.717, 1.165) is 0 Å². The maximum absolute atomic E-state index is 12.6. The van der Waals surface area contributed by atoms with Gasteiger partial charge in [-0.3, -0.25) is 9.59 Å². The summed E-state index contributed by atoms with van der Waals surface area (Å²) in [6.45, 7) is 5.14. The number of β-lactam (4-membered cyclic amide) rings is 1. The highest BCUT2D eigenvalue weighted by Crippen LogP contribution is 2.29. The minimum atomic E-state index is -1.06. The number of ketones is 1. The van der Waals surface area contributed by atoms with Gasteiger partial charge in [-0.05, 0) is 17.0 Å². The number of carbonyl (C=O) groups excluding carboxylic acids is 3.